The topological polar surface area (TPSA) is 66.0 Å². The molecular weight excluding hydrogens is 414 g/mol. The first-order chi connectivity index (χ1) is 12.0. The largest absolute Gasteiger partial charge is 0.482 e. The van der Waals surface area contributed by atoms with Gasteiger partial charge in [0.1, 0.15) is 12.4 Å². The minimum Gasteiger partial charge on any atom is -0.482 e. The van der Waals surface area contributed by atoms with E-state index in [1.807, 2.05) is 0 Å². The fourth-order valence-corrected chi connectivity index (χ4v) is 3.55. The van der Waals surface area contributed by atoms with Gasteiger partial charge in [0, 0.05) is 10.2 Å². The number of aromatic nitrogens is 3. The number of para-hydroxylation sites is 1. The molecule has 0 amide bonds. The van der Waals surface area contributed by atoms with Crippen LogP contribution >= 0.6 is 27.7 Å². The average Bonchev–Trinajstić information content (AvgIpc) is 2.94. The van der Waals surface area contributed by atoms with E-state index in [4.69, 9.17) is 10.6 Å². The number of thioether (sulfide) groups is 1. The number of ether oxygens (including phenoxy) is 1. The molecule has 0 atom stereocenters. The van der Waals surface area contributed by atoms with E-state index < -0.39 is 5.82 Å². The van der Waals surface area contributed by atoms with Crippen molar-refractivity contribution in [2.45, 2.75) is 17.5 Å². The molecule has 2 N–H and O–H groups in total. The fraction of sp³-hybridized carbons (Fsp3) is 0.125. The van der Waals surface area contributed by atoms with Crippen LogP contribution in [0.1, 0.15) is 11.4 Å². The highest BCUT2D eigenvalue weighted by Crippen LogP contribution is 2.26. The molecule has 0 bridgehead atoms. The number of nitrogens with zero attached hydrogens (tertiary/aromatic N) is 3. The second kappa shape index (κ2) is 7.83. The molecule has 0 saturated carbocycles. The maximum atomic E-state index is 13.5. The molecule has 0 aliphatic carbocycles. The quantitative estimate of drug-likeness (QED) is 0.478. The van der Waals surface area contributed by atoms with E-state index in [1.54, 1.807) is 18.2 Å². The Bertz CT molecular complexity index is 890. The number of nitrogens with two attached hydrogens (primary N) is 1. The van der Waals surface area contributed by atoms with Gasteiger partial charge in [-0.3, -0.25) is 0 Å². The van der Waals surface area contributed by atoms with Gasteiger partial charge in [0.2, 0.25) is 5.16 Å². The van der Waals surface area contributed by atoms with E-state index in [-0.39, 0.29) is 18.2 Å². The lowest BCUT2D eigenvalue weighted by Crippen LogP contribution is -2.16. The smallest absolute Gasteiger partial charge is 0.210 e. The van der Waals surface area contributed by atoms with Crippen molar-refractivity contribution in [1.29, 1.82) is 0 Å². The first-order valence-electron chi connectivity index (χ1n) is 7.18. The van der Waals surface area contributed by atoms with E-state index in [9.17, 15) is 8.78 Å². The monoisotopic (exact) mass is 426 g/mol. The highest BCUT2D eigenvalue weighted by atomic mass is 79.9. The predicted molar refractivity (Wildman–Crippen MR) is 94.6 cm³/mol. The summed E-state index contributed by atoms with van der Waals surface area (Å²) in [5, 5.41) is 8.43. The van der Waals surface area contributed by atoms with Crippen molar-refractivity contribution in [3.63, 3.8) is 0 Å². The van der Waals surface area contributed by atoms with E-state index >= 15 is 0 Å². The van der Waals surface area contributed by atoms with Crippen LogP contribution < -0.4 is 10.6 Å². The van der Waals surface area contributed by atoms with Crippen molar-refractivity contribution in [3.05, 3.63) is 70.0 Å². The zero-order valence-corrected chi connectivity index (χ0v) is 15.2. The van der Waals surface area contributed by atoms with Crippen molar-refractivity contribution >= 4 is 27.7 Å². The van der Waals surface area contributed by atoms with E-state index in [2.05, 4.69) is 26.1 Å². The second-order valence-corrected chi connectivity index (χ2v) is 6.81. The standard InChI is InChI=1S/C16H13BrF2N4OS/c17-12-7-11(18)6-5-10(12)9-25-16-22-21-15(23(16)20)8-24-14-4-2-1-3-13(14)19/h1-7H,8-9,20H2. The molecule has 25 heavy (non-hydrogen) atoms. The van der Waals surface area contributed by atoms with Gasteiger partial charge in [-0.25, -0.2) is 13.5 Å². The third kappa shape index (κ3) is 4.29. The summed E-state index contributed by atoms with van der Waals surface area (Å²) in [7, 11) is 0. The molecule has 9 heteroatoms. The van der Waals surface area contributed by atoms with Crippen LogP contribution in [0, 0.1) is 11.6 Å². The fourth-order valence-electron chi connectivity index (χ4n) is 1.99. The van der Waals surface area contributed by atoms with Crippen LogP contribution in [0.5, 0.6) is 5.75 Å². The lowest BCUT2D eigenvalue weighted by molar-refractivity contribution is 0.277. The van der Waals surface area contributed by atoms with Crippen molar-refractivity contribution in [2.75, 3.05) is 5.84 Å². The highest BCUT2D eigenvalue weighted by molar-refractivity contribution is 9.10. The predicted octanol–water partition coefficient (Wildman–Crippen LogP) is 3.90. The van der Waals surface area contributed by atoms with Gasteiger partial charge in [-0.2, -0.15) is 0 Å². The Kier molecular flexibility index (Phi) is 5.54. The molecule has 1 heterocycles. The lowest BCUT2D eigenvalue weighted by Gasteiger charge is -2.07. The number of benzene rings is 2. The average molecular weight is 427 g/mol. The van der Waals surface area contributed by atoms with Gasteiger partial charge in [0.05, 0.1) is 0 Å². The molecule has 3 aromatic rings. The maximum absolute atomic E-state index is 13.5. The Labute approximate surface area is 155 Å². The summed E-state index contributed by atoms with van der Waals surface area (Å²) in [6.07, 6.45) is 0. The second-order valence-electron chi connectivity index (χ2n) is 5.01. The number of hydrogen-bond acceptors (Lipinski definition) is 5. The molecule has 0 saturated heterocycles. The van der Waals surface area contributed by atoms with Gasteiger partial charge in [-0.15, -0.1) is 10.2 Å². The Morgan fingerprint density at radius 1 is 1.16 bits per heavy atom. The molecule has 0 fully saturated rings. The lowest BCUT2D eigenvalue weighted by atomic mass is 10.2. The van der Waals surface area contributed by atoms with Crippen LogP contribution in [0.3, 0.4) is 0 Å². The third-order valence-corrected chi connectivity index (χ3v) is 5.03. The Balaban J connectivity index is 1.64. The van der Waals surface area contributed by atoms with Gasteiger partial charge in [-0.1, -0.05) is 45.9 Å². The molecule has 0 aliphatic rings. The Morgan fingerprint density at radius 2 is 1.96 bits per heavy atom. The summed E-state index contributed by atoms with van der Waals surface area (Å²) < 4.78 is 34.0. The summed E-state index contributed by atoms with van der Waals surface area (Å²) >= 11 is 4.67. The number of rotatable bonds is 6. The molecule has 0 unspecified atom stereocenters. The van der Waals surface area contributed by atoms with Crippen molar-refractivity contribution in [1.82, 2.24) is 14.9 Å². The minimum absolute atomic E-state index is 0.00869. The van der Waals surface area contributed by atoms with E-state index in [0.29, 0.717) is 21.2 Å². The SMILES string of the molecule is Nn1c(COc2ccccc2F)nnc1SCc1ccc(F)cc1Br. The molecule has 0 aliphatic heterocycles. The van der Waals surface area contributed by atoms with Crippen LogP contribution in [-0.2, 0) is 12.4 Å². The van der Waals surface area contributed by atoms with Gasteiger partial charge in [-0.05, 0) is 29.8 Å². The molecule has 3 rings (SSSR count). The molecule has 0 radical (unpaired) electrons. The minimum atomic E-state index is -0.457. The van der Waals surface area contributed by atoms with E-state index in [0.717, 1.165) is 5.56 Å². The summed E-state index contributed by atoms with van der Waals surface area (Å²) in [5.74, 6) is 6.21. The van der Waals surface area contributed by atoms with Gasteiger partial charge in [0.15, 0.2) is 17.4 Å². The Hall–Kier alpha value is -2.13. The van der Waals surface area contributed by atoms with Gasteiger partial charge >= 0.3 is 0 Å². The van der Waals surface area contributed by atoms with Crippen LogP contribution in [0.2, 0.25) is 0 Å². The first kappa shape index (κ1) is 17.7. The van der Waals surface area contributed by atoms with Crippen LogP contribution in [0.25, 0.3) is 0 Å². The number of halogens is 3. The molecule has 130 valence electrons. The zero-order valence-electron chi connectivity index (χ0n) is 12.8. The molecule has 5 nitrogen and oxygen atoms in total. The van der Waals surface area contributed by atoms with Crippen molar-refractivity contribution in [3.8, 4) is 5.75 Å². The third-order valence-electron chi connectivity index (χ3n) is 3.30. The van der Waals surface area contributed by atoms with Crippen LogP contribution in [0.4, 0.5) is 8.78 Å². The molecule has 2 aromatic carbocycles. The van der Waals surface area contributed by atoms with Gasteiger partial charge in [0.25, 0.3) is 0 Å². The van der Waals surface area contributed by atoms with Crippen LogP contribution in [-0.4, -0.2) is 14.9 Å². The molecular formula is C16H13BrF2N4OS. The maximum Gasteiger partial charge on any atom is 0.210 e. The Morgan fingerprint density at radius 3 is 2.72 bits per heavy atom. The number of hydrogen-bond donors (Lipinski definition) is 1. The molecule has 0 spiro atoms. The van der Waals surface area contributed by atoms with Crippen molar-refractivity contribution < 1.29 is 13.5 Å². The highest BCUT2D eigenvalue weighted by Gasteiger charge is 2.13. The van der Waals surface area contributed by atoms with Crippen molar-refractivity contribution in [2.24, 2.45) is 0 Å². The normalized spacial score (nSPS) is 10.8. The summed E-state index contributed by atoms with van der Waals surface area (Å²) in [4.78, 5) is 0. The first-order valence-corrected chi connectivity index (χ1v) is 8.96. The van der Waals surface area contributed by atoms with E-state index in [1.165, 1.54) is 40.7 Å². The summed E-state index contributed by atoms with van der Waals surface area (Å²) in [6.45, 7) is -0.00869. The molecule has 1 aromatic heterocycles. The van der Waals surface area contributed by atoms with Gasteiger partial charge < -0.3 is 10.6 Å². The van der Waals surface area contributed by atoms with Crippen LogP contribution in [0.15, 0.2) is 52.1 Å². The zero-order chi connectivity index (χ0) is 17.8. The summed E-state index contributed by atoms with van der Waals surface area (Å²) in [5.41, 5.74) is 0.901. The summed E-state index contributed by atoms with van der Waals surface area (Å²) in [6, 6.07) is 10.6. The number of nitrogen functional groups attached to an aromatic ring is 1.